The Balaban J connectivity index is 1.63. The summed E-state index contributed by atoms with van der Waals surface area (Å²) in [5, 5.41) is 5.54. The van der Waals surface area contributed by atoms with E-state index in [1.165, 1.54) is 5.56 Å². The number of aryl methyl sites for hydroxylation is 1. The summed E-state index contributed by atoms with van der Waals surface area (Å²) in [5.74, 6) is -0.474. The fourth-order valence-electron chi connectivity index (χ4n) is 2.69. The van der Waals surface area contributed by atoms with Crippen LogP contribution in [0.2, 0.25) is 0 Å². The van der Waals surface area contributed by atoms with Gasteiger partial charge in [0.15, 0.2) is 0 Å². The van der Waals surface area contributed by atoms with Crippen LogP contribution in [0.1, 0.15) is 34.8 Å². The van der Waals surface area contributed by atoms with Crippen LogP contribution in [0.5, 0.6) is 0 Å². The van der Waals surface area contributed by atoms with Gasteiger partial charge in [-0.05, 0) is 55.2 Å². The van der Waals surface area contributed by atoms with Gasteiger partial charge in [-0.25, -0.2) is 0 Å². The average Bonchev–Trinajstić information content (AvgIpc) is 2.62. The molecule has 2 aromatic carbocycles. The largest absolute Gasteiger partial charge is 0.341 e. The van der Waals surface area contributed by atoms with Crippen molar-refractivity contribution in [1.29, 1.82) is 0 Å². The van der Waals surface area contributed by atoms with Crippen molar-refractivity contribution in [2.24, 2.45) is 0 Å². The van der Waals surface area contributed by atoms with Crippen LogP contribution in [-0.2, 0) is 11.2 Å². The zero-order valence-electron chi connectivity index (χ0n) is 13.6. The Hall–Kier alpha value is -2.88. The zero-order valence-corrected chi connectivity index (χ0v) is 13.6. The van der Waals surface area contributed by atoms with Crippen LogP contribution in [0, 0.1) is 0 Å². The molecule has 4 nitrogen and oxygen atoms in total. The number of carbonyl (C=O) groups is 2. The maximum absolute atomic E-state index is 12.4. The second-order valence-electron chi connectivity index (χ2n) is 5.91. The number of hydrogen-bond donors (Lipinski definition) is 2. The number of anilines is 1. The fourth-order valence-corrected chi connectivity index (χ4v) is 2.69. The molecule has 2 aromatic rings. The minimum atomic E-state index is -0.617. The molecule has 24 heavy (non-hydrogen) atoms. The third-order valence-corrected chi connectivity index (χ3v) is 4.07. The van der Waals surface area contributed by atoms with Crippen LogP contribution in [-0.4, -0.2) is 17.9 Å². The van der Waals surface area contributed by atoms with Crippen LogP contribution in [0.3, 0.4) is 0 Å². The smallest absolute Gasteiger partial charge is 0.251 e. The van der Waals surface area contributed by atoms with Gasteiger partial charge in [0.05, 0.1) is 0 Å². The molecule has 1 unspecified atom stereocenters. The van der Waals surface area contributed by atoms with Crippen molar-refractivity contribution >= 4 is 23.6 Å². The number of hydrogen-bond acceptors (Lipinski definition) is 2. The number of allylic oxidation sites excluding steroid dienone is 1. The molecule has 2 amide bonds. The highest BCUT2D eigenvalue weighted by Gasteiger charge is 2.17. The first-order valence-electron chi connectivity index (χ1n) is 8.10. The first-order chi connectivity index (χ1) is 11.6. The van der Waals surface area contributed by atoms with Crippen LogP contribution >= 0.6 is 0 Å². The number of fused-ring (bicyclic) bond motifs is 1. The van der Waals surface area contributed by atoms with Gasteiger partial charge in [0, 0.05) is 11.3 Å². The van der Waals surface area contributed by atoms with Gasteiger partial charge >= 0.3 is 0 Å². The van der Waals surface area contributed by atoms with E-state index in [0.29, 0.717) is 11.3 Å². The molecule has 3 rings (SSSR count). The summed E-state index contributed by atoms with van der Waals surface area (Å²) in [5.41, 5.74) is 3.63. The predicted octanol–water partition coefficient (Wildman–Crippen LogP) is 3.40. The third-order valence-electron chi connectivity index (χ3n) is 4.07. The van der Waals surface area contributed by atoms with Gasteiger partial charge in [0.2, 0.25) is 5.91 Å². The summed E-state index contributed by atoms with van der Waals surface area (Å²) in [6, 6.07) is 14.2. The van der Waals surface area contributed by atoms with E-state index in [0.717, 1.165) is 18.4 Å². The summed E-state index contributed by atoms with van der Waals surface area (Å²) in [6.45, 7) is 1.68. The molecule has 0 spiro atoms. The number of para-hydroxylation sites is 1. The van der Waals surface area contributed by atoms with E-state index in [1.54, 1.807) is 13.0 Å². The van der Waals surface area contributed by atoms with Gasteiger partial charge in [-0.1, -0.05) is 36.4 Å². The fraction of sp³-hybridized carbons (Fsp3) is 0.200. The highest BCUT2D eigenvalue weighted by molar-refractivity contribution is 6.01. The van der Waals surface area contributed by atoms with Crippen LogP contribution in [0.25, 0.3) is 6.08 Å². The Kier molecular flexibility index (Phi) is 4.75. The molecular weight excluding hydrogens is 300 g/mol. The normalized spacial score (nSPS) is 13.7. The Morgan fingerprint density at radius 2 is 1.88 bits per heavy atom. The van der Waals surface area contributed by atoms with Gasteiger partial charge in [0.25, 0.3) is 5.91 Å². The highest BCUT2D eigenvalue weighted by Crippen LogP contribution is 2.20. The number of rotatable bonds is 4. The number of carbonyl (C=O) groups excluding carboxylic acids is 2. The number of benzene rings is 2. The standard InChI is InChI=1S/C20H20N2O2/c1-14(19(23)22-18-9-3-2-4-10-18)21-20(24)17-12-11-15-7-5-6-8-16(15)13-17/h2-5,7,9-14H,6,8H2,1H3,(H,21,24)(H,22,23). The third kappa shape index (κ3) is 3.71. The highest BCUT2D eigenvalue weighted by atomic mass is 16.2. The van der Waals surface area contributed by atoms with Crippen molar-refractivity contribution in [1.82, 2.24) is 5.32 Å². The molecule has 0 fully saturated rings. The molecule has 4 heteroatoms. The predicted molar refractivity (Wildman–Crippen MR) is 95.8 cm³/mol. The van der Waals surface area contributed by atoms with E-state index in [2.05, 4.69) is 22.8 Å². The molecule has 0 bridgehead atoms. The molecule has 0 aromatic heterocycles. The zero-order chi connectivity index (χ0) is 16.9. The lowest BCUT2D eigenvalue weighted by Crippen LogP contribution is -2.41. The minimum absolute atomic E-state index is 0.233. The summed E-state index contributed by atoms with van der Waals surface area (Å²) in [6.07, 6.45) is 6.15. The van der Waals surface area contributed by atoms with Gasteiger partial charge in [-0.3, -0.25) is 9.59 Å². The topological polar surface area (TPSA) is 58.2 Å². The molecule has 0 saturated heterocycles. The molecule has 1 aliphatic carbocycles. The van der Waals surface area contributed by atoms with E-state index in [4.69, 9.17) is 0 Å². The van der Waals surface area contributed by atoms with Crippen LogP contribution < -0.4 is 10.6 Å². The summed E-state index contributed by atoms with van der Waals surface area (Å²) < 4.78 is 0. The number of amides is 2. The lowest BCUT2D eigenvalue weighted by molar-refractivity contribution is -0.117. The molecule has 0 radical (unpaired) electrons. The summed E-state index contributed by atoms with van der Waals surface area (Å²) >= 11 is 0. The van der Waals surface area contributed by atoms with Crippen molar-refractivity contribution < 1.29 is 9.59 Å². The molecule has 1 atom stereocenters. The first kappa shape index (κ1) is 16.0. The van der Waals surface area contributed by atoms with Crippen LogP contribution in [0.15, 0.2) is 54.6 Å². The monoisotopic (exact) mass is 320 g/mol. The molecule has 122 valence electrons. The second kappa shape index (κ2) is 7.13. The van der Waals surface area contributed by atoms with Gasteiger partial charge in [-0.15, -0.1) is 0 Å². The minimum Gasteiger partial charge on any atom is -0.341 e. The van der Waals surface area contributed by atoms with E-state index >= 15 is 0 Å². The quantitative estimate of drug-likeness (QED) is 0.907. The summed E-state index contributed by atoms with van der Waals surface area (Å²) in [4.78, 5) is 24.6. The van der Waals surface area contributed by atoms with Gasteiger partial charge in [0.1, 0.15) is 6.04 Å². The molecule has 1 aliphatic rings. The second-order valence-corrected chi connectivity index (χ2v) is 5.91. The molecule has 2 N–H and O–H groups in total. The van der Waals surface area contributed by atoms with Crippen molar-refractivity contribution in [3.05, 3.63) is 71.3 Å². The Bertz CT molecular complexity index is 781. The average molecular weight is 320 g/mol. The molecule has 0 saturated carbocycles. The van der Waals surface area contributed by atoms with E-state index in [1.807, 2.05) is 42.5 Å². The maximum atomic E-state index is 12.4. The molecule has 0 aliphatic heterocycles. The molecular formula is C20H20N2O2. The van der Waals surface area contributed by atoms with E-state index < -0.39 is 6.04 Å². The van der Waals surface area contributed by atoms with Crippen molar-refractivity contribution in [2.45, 2.75) is 25.8 Å². The van der Waals surface area contributed by atoms with Crippen molar-refractivity contribution in [3.63, 3.8) is 0 Å². The van der Waals surface area contributed by atoms with Gasteiger partial charge in [-0.2, -0.15) is 0 Å². The molecule has 0 heterocycles. The summed E-state index contributed by atoms with van der Waals surface area (Å²) in [7, 11) is 0. The lowest BCUT2D eigenvalue weighted by atomic mass is 9.95. The number of nitrogens with one attached hydrogen (secondary N) is 2. The van der Waals surface area contributed by atoms with E-state index in [9.17, 15) is 9.59 Å². The first-order valence-corrected chi connectivity index (χ1v) is 8.10. The van der Waals surface area contributed by atoms with E-state index in [-0.39, 0.29) is 11.8 Å². The van der Waals surface area contributed by atoms with Gasteiger partial charge < -0.3 is 10.6 Å². The van der Waals surface area contributed by atoms with Crippen molar-refractivity contribution in [2.75, 3.05) is 5.32 Å². The Labute approximate surface area is 141 Å². The lowest BCUT2D eigenvalue weighted by Gasteiger charge is -2.16. The Morgan fingerprint density at radius 3 is 2.67 bits per heavy atom. The maximum Gasteiger partial charge on any atom is 0.251 e. The SMILES string of the molecule is CC(NC(=O)c1ccc2c(c1)CCC=C2)C(=O)Nc1ccccc1. The van der Waals surface area contributed by atoms with Crippen LogP contribution in [0.4, 0.5) is 5.69 Å². The van der Waals surface area contributed by atoms with Crippen molar-refractivity contribution in [3.8, 4) is 0 Å². The Morgan fingerprint density at radius 1 is 1.08 bits per heavy atom.